The van der Waals surface area contributed by atoms with Gasteiger partial charge in [-0.2, -0.15) is 0 Å². The molecule has 0 spiro atoms. The van der Waals surface area contributed by atoms with E-state index in [0.29, 0.717) is 0 Å². The number of aromatic nitrogens is 1. The fraction of sp³-hybridized carbons (Fsp3) is 0.0500. The van der Waals surface area contributed by atoms with Gasteiger partial charge in [-0.05, 0) is 52.1 Å². The van der Waals surface area contributed by atoms with Gasteiger partial charge in [0.15, 0.2) is 0 Å². The number of aliphatic imine (C=N–C) groups is 1. The molecule has 1 aromatic heterocycles. The maximum atomic E-state index is 5.18. The van der Waals surface area contributed by atoms with Gasteiger partial charge in [-0.3, -0.25) is 4.99 Å². The van der Waals surface area contributed by atoms with Gasteiger partial charge in [0.05, 0.1) is 23.0 Å². The van der Waals surface area contributed by atoms with Crippen molar-refractivity contribution in [1.82, 2.24) is 10.3 Å². The molecule has 8 rings (SSSR count). The van der Waals surface area contributed by atoms with E-state index in [0.717, 1.165) is 55.9 Å². The van der Waals surface area contributed by atoms with Gasteiger partial charge in [0.25, 0.3) is 0 Å². The summed E-state index contributed by atoms with van der Waals surface area (Å²) in [6.45, 7) is 0. The van der Waals surface area contributed by atoms with Crippen molar-refractivity contribution in [3.63, 3.8) is 0 Å². The zero-order valence-electron chi connectivity index (χ0n) is 24.1. The zero-order chi connectivity index (χ0) is 29.3. The standard InChI is InChI=1S/C40H30N4/c1-4-10-27(11-5-1)32-18-16-30-20-22-34(41-36(30)24-32)33-19-17-31-21-23-35(42-37(31)25-33)40-43-38(28-12-6-2-7-13-28)26-39(44-40)29-14-8-3-9-15-29/h1-26,35,40,42-43H. The number of hydrogen-bond donors (Lipinski definition) is 2. The minimum absolute atomic E-state index is 0.0399. The van der Waals surface area contributed by atoms with Crippen molar-refractivity contribution in [2.45, 2.75) is 12.2 Å². The maximum absolute atomic E-state index is 5.18. The summed E-state index contributed by atoms with van der Waals surface area (Å²) in [5.41, 5.74) is 11.9. The minimum atomic E-state index is -0.186. The van der Waals surface area contributed by atoms with Crippen LogP contribution < -0.4 is 10.6 Å². The van der Waals surface area contributed by atoms with Crippen molar-refractivity contribution in [2.75, 3.05) is 5.32 Å². The Morgan fingerprint density at radius 3 is 2.00 bits per heavy atom. The number of benzene rings is 5. The topological polar surface area (TPSA) is 49.3 Å². The first-order chi connectivity index (χ1) is 21.8. The second kappa shape index (κ2) is 11.2. The summed E-state index contributed by atoms with van der Waals surface area (Å²) in [4.78, 5) is 10.3. The molecule has 2 atom stereocenters. The number of hydrogen-bond acceptors (Lipinski definition) is 4. The summed E-state index contributed by atoms with van der Waals surface area (Å²) in [5.74, 6) is 0. The molecule has 0 aliphatic carbocycles. The largest absolute Gasteiger partial charge is 0.374 e. The van der Waals surface area contributed by atoms with Gasteiger partial charge in [-0.15, -0.1) is 0 Å². The fourth-order valence-corrected chi connectivity index (χ4v) is 5.97. The molecule has 2 unspecified atom stereocenters. The monoisotopic (exact) mass is 566 g/mol. The third-order valence-electron chi connectivity index (χ3n) is 8.31. The minimum Gasteiger partial charge on any atom is -0.374 e. The van der Waals surface area contributed by atoms with Crippen molar-refractivity contribution < 1.29 is 0 Å². The van der Waals surface area contributed by atoms with Crippen LogP contribution in [0.4, 0.5) is 5.69 Å². The Morgan fingerprint density at radius 1 is 0.545 bits per heavy atom. The predicted octanol–water partition coefficient (Wildman–Crippen LogP) is 8.84. The number of allylic oxidation sites excluding steroid dienone is 1. The highest BCUT2D eigenvalue weighted by Gasteiger charge is 2.26. The molecule has 44 heavy (non-hydrogen) atoms. The molecule has 0 bridgehead atoms. The van der Waals surface area contributed by atoms with E-state index in [9.17, 15) is 0 Å². The zero-order valence-corrected chi connectivity index (χ0v) is 24.1. The molecule has 4 nitrogen and oxygen atoms in total. The predicted molar refractivity (Wildman–Crippen MR) is 183 cm³/mol. The van der Waals surface area contributed by atoms with E-state index in [1.54, 1.807) is 0 Å². The first-order valence-electron chi connectivity index (χ1n) is 15.0. The van der Waals surface area contributed by atoms with E-state index in [1.165, 1.54) is 11.1 Å². The number of anilines is 1. The molecule has 4 heteroatoms. The average Bonchev–Trinajstić information content (AvgIpc) is 3.11. The SMILES string of the molecule is C1=CC(C2N=C(c3ccccc3)C=C(c3ccccc3)N2)Nc2cc(-c3ccc4ccc(-c5ccccc5)cc4n3)ccc21. The lowest BCUT2D eigenvalue weighted by atomic mass is 9.98. The second-order valence-electron chi connectivity index (χ2n) is 11.2. The Morgan fingerprint density at radius 2 is 1.23 bits per heavy atom. The molecule has 0 saturated heterocycles. The summed E-state index contributed by atoms with van der Waals surface area (Å²) in [5, 5.41) is 8.61. The lowest BCUT2D eigenvalue weighted by Gasteiger charge is -2.32. The van der Waals surface area contributed by atoms with Crippen LogP contribution in [0.25, 0.3) is 45.1 Å². The maximum Gasteiger partial charge on any atom is 0.143 e. The van der Waals surface area contributed by atoms with Gasteiger partial charge in [0.1, 0.15) is 6.17 Å². The smallest absolute Gasteiger partial charge is 0.143 e. The lowest BCUT2D eigenvalue weighted by molar-refractivity contribution is 0.581. The van der Waals surface area contributed by atoms with Crippen LogP contribution in [-0.2, 0) is 0 Å². The molecule has 6 aromatic rings. The van der Waals surface area contributed by atoms with Crippen LogP contribution in [0.15, 0.2) is 157 Å². The highest BCUT2D eigenvalue weighted by Crippen LogP contribution is 2.32. The highest BCUT2D eigenvalue weighted by molar-refractivity contribution is 6.13. The first kappa shape index (κ1) is 25.9. The van der Waals surface area contributed by atoms with Crippen LogP contribution in [0.1, 0.15) is 16.7 Å². The molecule has 0 radical (unpaired) electrons. The summed E-state index contributed by atoms with van der Waals surface area (Å²) in [6, 6.07) is 48.5. The first-order valence-corrected chi connectivity index (χ1v) is 15.0. The highest BCUT2D eigenvalue weighted by atomic mass is 15.2. The van der Waals surface area contributed by atoms with Gasteiger partial charge in [0, 0.05) is 22.3 Å². The number of pyridine rings is 1. The van der Waals surface area contributed by atoms with Crippen LogP contribution >= 0.6 is 0 Å². The van der Waals surface area contributed by atoms with Crippen LogP contribution in [0, 0.1) is 0 Å². The third kappa shape index (κ3) is 5.07. The third-order valence-corrected chi connectivity index (χ3v) is 8.31. The molecule has 0 amide bonds. The van der Waals surface area contributed by atoms with Crippen molar-refractivity contribution in [3.05, 3.63) is 168 Å². The fourth-order valence-electron chi connectivity index (χ4n) is 5.97. The molecule has 5 aromatic carbocycles. The number of nitrogens with one attached hydrogen (secondary N) is 2. The Labute approximate surface area is 257 Å². The molecule has 2 aliphatic rings. The van der Waals surface area contributed by atoms with Crippen molar-refractivity contribution in [2.24, 2.45) is 4.99 Å². The van der Waals surface area contributed by atoms with Crippen LogP contribution in [0.3, 0.4) is 0 Å². The molecular formula is C40H30N4. The summed E-state index contributed by atoms with van der Waals surface area (Å²) >= 11 is 0. The summed E-state index contributed by atoms with van der Waals surface area (Å²) in [6.07, 6.45) is 6.36. The number of nitrogens with zero attached hydrogens (tertiary/aromatic N) is 2. The van der Waals surface area contributed by atoms with Crippen molar-refractivity contribution in [1.29, 1.82) is 0 Å². The molecule has 3 heterocycles. The molecule has 0 saturated carbocycles. The Balaban J connectivity index is 1.10. The number of rotatable bonds is 5. The van der Waals surface area contributed by atoms with E-state index in [4.69, 9.17) is 9.98 Å². The average molecular weight is 567 g/mol. The quantitative estimate of drug-likeness (QED) is 0.219. The molecule has 2 N–H and O–H groups in total. The van der Waals surface area contributed by atoms with Crippen LogP contribution in [-0.4, -0.2) is 22.9 Å². The van der Waals surface area contributed by atoms with E-state index >= 15 is 0 Å². The van der Waals surface area contributed by atoms with E-state index in [1.807, 2.05) is 18.2 Å². The Hall–Kier alpha value is -5.74. The Kier molecular flexibility index (Phi) is 6.58. The van der Waals surface area contributed by atoms with Gasteiger partial charge in [-0.25, -0.2) is 4.98 Å². The Bertz CT molecular complexity index is 2060. The lowest BCUT2D eigenvalue weighted by Crippen LogP contribution is -2.44. The molecular weight excluding hydrogens is 536 g/mol. The van der Waals surface area contributed by atoms with Gasteiger partial charge < -0.3 is 10.6 Å². The van der Waals surface area contributed by atoms with Crippen LogP contribution in [0.5, 0.6) is 0 Å². The van der Waals surface area contributed by atoms with E-state index in [2.05, 4.69) is 150 Å². The van der Waals surface area contributed by atoms with Crippen molar-refractivity contribution >= 4 is 34.1 Å². The number of fused-ring (bicyclic) bond motifs is 2. The summed E-state index contributed by atoms with van der Waals surface area (Å²) in [7, 11) is 0. The van der Waals surface area contributed by atoms with E-state index in [-0.39, 0.29) is 12.2 Å². The molecule has 0 fully saturated rings. The van der Waals surface area contributed by atoms with Crippen molar-refractivity contribution in [3.8, 4) is 22.4 Å². The van der Waals surface area contributed by atoms with E-state index < -0.39 is 0 Å². The molecule has 2 aliphatic heterocycles. The normalized spacial score (nSPS) is 17.2. The summed E-state index contributed by atoms with van der Waals surface area (Å²) < 4.78 is 0. The van der Waals surface area contributed by atoms with Gasteiger partial charge in [-0.1, -0.05) is 133 Å². The van der Waals surface area contributed by atoms with Crippen LogP contribution in [0.2, 0.25) is 0 Å². The van der Waals surface area contributed by atoms with Gasteiger partial charge in [0.2, 0.25) is 0 Å². The van der Waals surface area contributed by atoms with Gasteiger partial charge >= 0.3 is 0 Å². The second-order valence-corrected chi connectivity index (χ2v) is 11.2. The molecule has 210 valence electrons.